The molecular formula is C19H15ClN4O3S. The molecule has 2 heterocycles. The summed E-state index contributed by atoms with van der Waals surface area (Å²) in [6, 6.07) is 12.3. The lowest BCUT2D eigenvalue weighted by Gasteiger charge is -2.13. The number of rotatable bonds is 5. The van der Waals surface area contributed by atoms with E-state index in [-0.39, 0.29) is 12.3 Å². The number of amides is 1. The van der Waals surface area contributed by atoms with Gasteiger partial charge < -0.3 is 14.6 Å². The fourth-order valence-electron chi connectivity index (χ4n) is 2.89. The molecule has 4 rings (SSSR count). The zero-order chi connectivity index (χ0) is 19.7. The van der Waals surface area contributed by atoms with Gasteiger partial charge in [0.25, 0.3) is 0 Å². The Morgan fingerprint density at radius 3 is 2.93 bits per heavy atom. The van der Waals surface area contributed by atoms with Gasteiger partial charge in [-0.25, -0.2) is 4.79 Å². The average molecular weight is 415 g/mol. The maximum absolute atomic E-state index is 12.6. The molecule has 0 spiro atoms. The molecule has 0 bridgehead atoms. The molecule has 0 aliphatic carbocycles. The van der Waals surface area contributed by atoms with Crippen molar-refractivity contribution in [3.05, 3.63) is 64.9 Å². The first-order chi connectivity index (χ1) is 13.5. The summed E-state index contributed by atoms with van der Waals surface area (Å²) in [5, 5.41) is 11.9. The molecule has 28 heavy (non-hydrogen) atoms. The van der Waals surface area contributed by atoms with Crippen LogP contribution in [0.15, 0.2) is 58.8 Å². The molecule has 1 atom stereocenters. The van der Waals surface area contributed by atoms with E-state index in [0.717, 1.165) is 10.5 Å². The number of fused-ring (bicyclic) bond motifs is 1. The van der Waals surface area contributed by atoms with Crippen LogP contribution in [-0.4, -0.2) is 26.6 Å². The SMILES string of the molecule is Cn1cnnc1Sc1ccc(Cl)cc1NC(=O)CC1OC(=O)c2ccccc21. The molecule has 0 saturated carbocycles. The van der Waals surface area contributed by atoms with Gasteiger partial charge in [-0.05, 0) is 36.0 Å². The van der Waals surface area contributed by atoms with Crippen LogP contribution in [0.2, 0.25) is 5.02 Å². The Morgan fingerprint density at radius 2 is 2.14 bits per heavy atom. The summed E-state index contributed by atoms with van der Waals surface area (Å²) in [5.41, 5.74) is 1.78. The molecule has 142 valence electrons. The van der Waals surface area contributed by atoms with Gasteiger partial charge >= 0.3 is 5.97 Å². The average Bonchev–Trinajstić information content (AvgIpc) is 3.21. The van der Waals surface area contributed by atoms with E-state index in [4.69, 9.17) is 16.3 Å². The first-order valence-electron chi connectivity index (χ1n) is 8.42. The van der Waals surface area contributed by atoms with E-state index in [1.807, 2.05) is 19.2 Å². The van der Waals surface area contributed by atoms with Crippen LogP contribution in [0, 0.1) is 0 Å². The fraction of sp³-hybridized carbons (Fsp3) is 0.158. The number of ether oxygens (including phenoxy) is 1. The topological polar surface area (TPSA) is 86.1 Å². The monoisotopic (exact) mass is 414 g/mol. The summed E-state index contributed by atoms with van der Waals surface area (Å²) in [6.07, 6.45) is 1.02. The van der Waals surface area contributed by atoms with Crippen LogP contribution >= 0.6 is 23.4 Å². The second-order valence-corrected chi connectivity index (χ2v) is 7.65. The van der Waals surface area contributed by atoms with Gasteiger partial charge in [-0.2, -0.15) is 0 Å². The van der Waals surface area contributed by atoms with Gasteiger partial charge in [-0.3, -0.25) is 4.79 Å². The lowest BCUT2D eigenvalue weighted by molar-refractivity contribution is -0.118. The minimum absolute atomic E-state index is 0.0172. The van der Waals surface area contributed by atoms with E-state index in [9.17, 15) is 9.59 Å². The quantitative estimate of drug-likeness (QED) is 0.638. The molecule has 7 nitrogen and oxygen atoms in total. The number of aryl methyl sites for hydroxylation is 1. The Balaban J connectivity index is 1.51. The molecule has 1 amide bonds. The van der Waals surface area contributed by atoms with Crippen molar-refractivity contribution in [3.63, 3.8) is 0 Å². The smallest absolute Gasteiger partial charge is 0.339 e. The number of carbonyl (C=O) groups excluding carboxylic acids is 2. The molecule has 1 aliphatic heterocycles. The minimum atomic E-state index is -0.599. The Hall–Kier alpha value is -2.84. The van der Waals surface area contributed by atoms with Gasteiger partial charge in [0.2, 0.25) is 5.91 Å². The van der Waals surface area contributed by atoms with Crippen molar-refractivity contribution in [2.24, 2.45) is 7.05 Å². The fourth-order valence-corrected chi connectivity index (χ4v) is 3.90. The Kier molecular flexibility index (Phi) is 5.06. The highest BCUT2D eigenvalue weighted by Gasteiger charge is 2.32. The summed E-state index contributed by atoms with van der Waals surface area (Å²) in [7, 11) is 1.84. The number of esters is 1. The number of cyclic esters (lactones) is 1. The highest BCUT2D eigenvalue weighted by molar-refractivity contribution is 7.99. The number of carbonyl (C=O) groups is 2. The number of nitrogens with one attached hydrogen (secondary N) is 1. The van der Waals surface area contributed by atoms with Crippen molar-refractivity contribution in [2.45, 2.75) is 22.6 Å². The highest BCUT2D eigenvalue weighted by atomic mass is 35.5. The van der Waals surface area contributed by atoms with E-state index < -0.39 is 12.1 Å². The maximum atomic E-state index is 12.6. The van der Waals surface area contributed by atoms with Crippen LogP contribution in [0.1, 0.15) is 28.4 Å². The predicted octanol–water partition coefficient (Wildman–Crippen LogP) is 3.86. The number of benzene rings is 2. The number of nitrogens with zero attached hydrogens (tertiary/aromatic N) is 3. The van der Waals surface area contributed by atoms with Gasteiger partial charge in [0.05, 0.1) is 17.7 Å². The van der Waals surface area contributed by atoms with Crippen LogP contribution in [0.3, 0.4) is 0 Å². The van der Waals surface area contributed by atoms with Crippen molar-refractivity contribution in [3.8, 4) is 0 Å². The van der Waals surface area contributed by atoms with Crippen LogP contribution in [0.25, 0.3) is 0 Å². The zero-order valence-corrected chi connectivity index (χ0v) is 16.3. The van der Waals surface area contributed by atoms with Crippen molar-refractivity contribution in [1.29, 1.82) is 0 Å². The van der Waals surface area contributed by atoms with Crippen LogP contribution < -0.4 is 5.32 Å². The number of halogens is 1. The molecule has 0 fully saturated rings. The van der Waals surface area contributed by atoms with Crippen molar-refractivity contribution in [1.82, 2.24) is 14.8 Å². The van der Waals surface area contributed by atoms with E-state index in [2.05, 4.69) is 15.5 Å². The Bertz CT molecular complexity index is 1070. The molecule has 1 aliphatic rings. The van der Waals surface area contributed by atoms with Gasteiger partial charge in [0, 0.05) is 22.5 Å². The molecule has 1 aromatic heterocycles. The van der Waals surface area contributed by atoms with Gasteiger partial charge in [-0.1, -0.05) is 29.8 Å². The normalized spacial score (nSPS) is 15.2. The van der Waals surface area contributed by atoms with E-state index >= 15 is 0 Å². The Labute approximate surface area is 170 Å². The van der Waals surface area contributed by atoms with Crippen LogP contribution in [-0.2, 0) is 16.6 Å². The van der Waals surface area contributed by atoms with Gasteiger partial charge in [0.1, 0.15) is 12.4 Å². The third-order valence-corrected chi connectivity index (χ3v) is 5.60. The van der Waals surface area contributed by atoms with E-state index in [0.29, 0.717) is 21.4 Å². The third kappa shape index (κ3) is 3.74. The molecule has 1 unspecified atom stereocenters. The van der Waals surface area contributed by atoms with Gasteiger partial charge in [0.15, 0.2) is 5.16 Å². The lowest BCUT2D eigenvalue weighted by atomic mass is 10.0. The minimum Gasteiger partial charge on any atom is -0.453 e. The van der Waals surface area contributed by atoms with Crippen LogP contribution in [0.4, 0.5) is 5.69 Å². The maximum Gasteiger partial charge on any atom is 0.339 e. The summed E-state index contributed by atoms with van der Waals surface area (Å²) in [5.74, 6) is -0.689. The molecule has 2 aromatic carbocycles. The number of hydrogen-bond acceptors (Lipinski definition) is 6. The summed E-state index contributed by atoms with van der Waals surface area (Å²) in [6.45, 7) is 0. The molecular weight excluding hydrogens is 400 g/mol. The Morgan fingerprint density at radius 1 is 1.32 bits per heavy atom. The molecule has 1 N–H and O–H groups in total. The van der Waals surface area contributed by atoms with Crippen molar-refractivity contribution in [2.75, 3.05) is 5.32 Å². The van der Waals surface area contributed by atoms with E-state index in [1.165, 1.54) is 11.8 Å². The first-order valence-corrected chi connectivity index (χ1v) is 9.62. The second-order valence-electron chi connectivity index (χ2n) is 6.20. The summed E-state index contributed by atoms with van der Waals surface area (Å²) >= 11 is 7.47. The molecule has 0 saturated heterocycles. The standard InChI is InChI=1S/C19H15ClN4O3S/c1-24-10-21-23-19(24)28-16-7-6-11(20)8-14(16)22-17(25)9-15-12-4-2-3-5-13(12)18(26)27-15/h2-8,10,15H,9H2,1H3,(H,22,25). The highest BCUT2D eigenvalue weighted by Crippen LogP contribution is 2.36. The van der Waals surface area contributed by atoms with E-state index in [1.54, 1.807) is 41.2 Å². The molecule has 3 aromatic rings. The number of hydrogen-bond donors (Lipinski definition) is 1. The summed E-state index contributed by atoms with van der Waals surface area (Å²) < 4.78 is 7.12. The molecule has 9 heteroatoms. The third-order valence-electron chi connectivity index (χ3n) is 4.23. The molecule has 0 radical (unpaired) electrons. The first kappa shape index (κ1) is 18.5. The predicted molar refractivity (Wildman–Crippen MR) is 104 cm³/mol. The van der Waals surface area contributed by atoms with Crippen molar-refractivity contribution >= 4 is 40.9 Å². The summed E-state index contributed by atoms with van der Waals surface area (Å²) in [4.78, 5) is 25.3. The number of anilines is 1. The second kappa shape index (κ2) is 7.65. The zero-order valence-electron chi connectivity index (χ0n) is 14.8. The van der Waals surface area contributed by atoms with Crippen LogP contribution in [0.5, 0.6) is 0 Å². The lowest BCUT2D eigenvalue weighted by Crippen LogP contribution is -2.16. The number of aromatic nitrogens is 3. The largest absolute Gasteiger partial charge is 0.453 e. The van der Waals surface area contributed by atoms with Crippen molar-refractivity contribution < 1.29 is 14.3 Å². The van der Waals surface area contributed by atoms with Gasteiger partial charge in [-0.15, -0.1) is 10.2 Å².